The Hall–Kier alpha value is -1.71. The van der Waals surface area contributed by atoms with Crippen LogP contribution in [0.1, 0.15) is 5.56 Å². The molecule has 19 heavy (non-hydrogen) atoms. The Morgan fingerprint density at radius 2 is 1.89 bits per heavy atom. The lowest BCUT2D eigenvalue weighted by atomic mass is 10.1. The summed E-state index contributed by atoms with van der Waals surface area (Å²) in [6, 6.07) is 9.13. The molecule has 1 aromatic heterocycles. The summed E-state index contributed by atoms with van der Waals surface area (Å²) in [5.74, 6) is -0.859. The van der Waals surface area contributed by atoms with Crippen LogP contribution in [0.3, 0.4) is 0 Å². The number of para-hydroxylation sites is 1. The number of carboxylic acids is 1. The van der Waals surface area contributed by atoms with E-state index >= 15 is 0 Å². The number of halogens is 2. The van der Waals surface area contributed by atoms with Gasteiger partial charge in [0, 0.05) is 16.3 Å². The van der Waals surface area contributed by atoms with Gasteiger partial charge in [0.1, 0.15) is 0 Å². The number of carboxylic acid groups (broad SMARTS) is 1. The van der Waals surface area contributed by atoms with E-state index in [1.54, 1.807) is 18.2 Å². The number of aliphatic carboxylic acids is 1. The average molecular weight is 294 g/mol. The maximum Gasteiger partial charge on any atom is 0.307 e. The molecule has 0 saturated carbocycles. The van der Waals surface area contributed by atoms with E-state index in [9.17, 15) is 4.79 Å². The van der Waals surface area contributed by atoms with Crippen molar-refractivity contribution in [3.8, 4) is 0 Å². The van der Waals surface area contributed by atoms with Crippen LogP contribution in [0.5, 0.6) is 0 Å². The SMILES string of the molecule is O=C(O)Cc1cccc2c1[nH]c1cc(Cl)c(Cl)cc12. The third kappa shape index (κ3) is 2.05. The van der Waals surface area contributed by atoms with Gasteiger partial charge in [0.25, 0.3) is 0 Å². The molecular weight excluding hydrogens is 285 g/mol. The van der Waals surface area contributed by atoms with Crippen LogP contribution in [-0.2, 0) is 11.2 Å². The van der Waals surface area contributed by atoms with Crippen LogP contribution >= 0.6 is 23.2 Å². The summed E-state index contributed by atoms with van der Waals surface area (Å²) in [7, 11) is 0. The molecule has 1 heterocycles. The second kappa shape index (κ2) is 4.44. The minimum absolute atomic E-state index is 0.0222. The predicted octanol–water partition coefficient (Wildman–Crippen LogP) is 4.26. The molecule has 3 rings (SSSR count). The third-order valence-corrected chi connectivity index (χ3v) is 3.82. The summed E-state index contributed by atoms with van der Waals surface area (Å²) in [4.78, 5) is 14.1. The summed E-state index contributed by atoms with van der Waals surface area (Å²) < 4.78 is 0. The Labute approximate surface area is 118 Å². The van der Waals surface area contributed by atoms with Gasteiger partial charge < -0.3 is 10.1 Å². The number of carbonyl (C=O) groups is 1. The highest BCUT2D eigenvalue weighted by Gasteiger charge is 2.11. The summed E-state index contributed by atoms with van der Waals surface area (Å²) in [5.41, 5.74) is 2.41. The van der Waals surface area contributed by atoms with Crippen molar-refractivity contribution in [2.45, 2.75) is 6.42 Å². The number of H-pyrrole nitrogens is 1. The van der Waals surface area contributed by atoms with E-state index in [4.69, 9.17) is 28.3 Å². The van der Waals surface area contributed by atoms with Crippen molar-refractivity contribution in [2.24, 2.45) is 0 Å². The smallest absolute Gasteiger partial charge is 0.307 e. The molecule has 0 amide bonds. The molecule has 0 saturated heterocycles. The second-order valence-electron chi connectivity index (χ2n) is 4.35. The zero-order valence-corrected chi connectivity index (χ0v) is 11.2. The molecule has 3 nitrogen and oxygen atoms in total. The van der Waals surface area contributed by atoms with Gasteiger partial charge in [0.2, 0.25) is 0 Å². The topological polar surface area (TPSA) is 53.1 Å². The lowest BCUT2D eigenvalue weighted by Gasteiger charge is -1.99. The van der Waals surface area contributed by atoms with Crippen LogP contribution in [0.2, 0.25) is 10.0 Å². The minimum Gasteiger partial charge on any atom is -0.481 e. The Morgan fingerprint density at radius 1 is 1.16 bits per heavy atom. The van der Waals surface area contributed by atoms with E-state index in [2.05, 4.69) is 4.98 Å². The molecule has 96 valence electrons. The van der Waals surface area contributed by atoms with E-state index in [-0.39, 0.29) is 6.42 Å². The Kier molecular flexibility index (Phi) is 2.88. The largest absolute Gasteiger partial charge is 0.481 e. The highest BCUT2D eigenvalue weighted by Crippen LogP contribution is 2.33. The van der Waals surface area contributed by atoms with Gasteiger partial charge in [-0.25, -0.2) is 0 Å². The molecule has 0 radical (unpaired) electrons. The maximum atomic E-state index is 10.9. The van der Waals surface area contributed by atoms with E-state index in [1.165, 1.54) is 0 Å². The Bertz CT molecular complexity index is 808. The van der Waals surface area contributed by atoms with Crippen molar-refractivity contribution >= 4 is 51.0 Å². The second-order valence-corrected chi connectivity index (χ2v) is 5.16. The zero-order valence-electron chi connectivity index (χ0n) is 9.71. The van der Waals surface area contributed by atoms with Crippen LogP contribution in [0.4, 0.5) is 0 Å². The van der Waals surface area contributed by atoms with Gasteiger partial charge in [-0.15, -0.1) is 0 Å². The van der Waals surface area contributed by atoms with Crippen LogP contribution in [0, 0.1) is 0 Å². The molecule has 0 atom stereocenters. The first kappa shape index (κ1) is 12.3. The van der Waals surface area contributed by atoms with Crippen molar-refractivity contribution in [1.82, 2.24) is 4.98 Å². The lowest BCUT2D eigenvalue weighted by molar-refractivity contribution is -0.136. The number of aromatic nitrogens is 1. The standard InChI is InChI=1S/C14H9Cl2NO2/c15-10-5-9-8-3-1-2-7(4-13(18)19)14(8)17-12(9)6-11(10)16/h1-3,5-6,17H,4H2,(H,18,19). The lowest BCUT2D eigenvalue weighted by Crippen LogP contribution is -2.00. The average Bonchev–Trinajstić information content (AvgIpc) is 2.68. The van der Waals surface area contributed by atoms with Crippen LogP contribution in [0.15, 0.2) is 30.3 Å². The molecule has 0 fully saturated rings. The fraction of sp³-hybridized carbons (Fsp3) is 0.0714. The molecule has 0 unspecified atom stereocenters. The minimum atomic E-state index is -0.859. The Morgan fingerprint density at radius 3 is 2.63 bits per heavy atom. The van der Waals surface area contributed by atoms with E-state index in [0.29, 0.717) is 10.0 Å². The monoisotopic (exact) mass is 293 g/mol. The summed E-state index contributed by atoms with van der Waals surface area (Å²) in [5, 5.41) is 11.8. The summed E-state index contributed by atoms with van der Waals surface area (Å²) in [6.07, 6.45) is -0.0222. The summed E-state index contributed by atoms with van der Waals surface area (Å²) >= 11 is 12.0. The van der Waals surface area contributed by atoms with Crippen molar-refractivity contribution < 1.29 is 9.90 Å². The number of hydrogen-bond donors (Lipinski definition) is 2. The predicted molar refractivity (Wildman–Crippen MR) is 77.2 cm³/mol. The number of rotatable bonds is 2. The van der Waals surface area contributed by atoms with Crippen molar-refractivity contribution in [1.29, 1.82) is 0 Å². The normalized spacial score (nSPS) is 11.3. The molecule has 2 N–H and O–H groups in total. The Balaban J connectivity index is 2.36. The van der Waals surface area contributed by atoms with Gasteiger partial charge in [-0.3, -0.25) is 4.79 Å². The first-order valence-electron chi connectivity index (χ1n) is 5.66. The van der Waals surface area contributed by atoms with Crippen LogP contribution in [0.25, 0.3) is 21.8 Å². The molecule has 0 bridgehead atoms. The molecule has 3 aromatic rings. The quantitative estimate of drug-likeness (QED) is 0.742. The fourth-order valence-corrected chi connectivity index (χ4v) is 2.62. The maximum absolute atomic E-state index is 10.9. The number of aromatic amines is 1. The van der Waals surface area contributed by atoms with Gasteiger partial charge in [-0.1, -0.05) is 41.4 Å². The van der Waals surface area contributed by atoms with E-state index in [0.717, 1.165) is 27.4 Å². The number of hydrogen-bond acceptors (Lipinski definition) is 1. The molecule has 0 aliphatic heterocycles. The molecule has 5 heteroatoms. The van der Waals surface area contributed by atoms with Gasteiger partial charge in [0.15, 0.2) is 0 Å². The molecule has 0 aliphatic rings. The number of nitrogens with one attached hydrogen (secondary N) is 1. The highest BCUT2D eigenvalue weighted by molar-refractivity contribution is 6.43. The van der Waals surface area contributed by atoms with E-state index in [1.807, 2.05) is 12.1 Å². The molecular formula is C14H9Cl2NO2. The van der Waals surface area contributed by atoms with Gasteiger partial charge in [-0.05, 0) is 17.7 Å². The number of benzene rings is 2. The fourth-order valence-electron chi connectivity index (χ4n) is 2.29. The van der Waals surface area contributed by atoms with Crippen LogP contribution < -0.4 is 0 Å². The highest BCUT2D eigenvalue weighted by atomic mass is 35.5. The molecule has 0 aliphatic carbocycles. The van der Waals surface area contributed by atoms with Crippen molar-refractivity contribution in [3.05, 3.63) is 45.9 Å². The van der Waals surface area contributed by atoms with Crippen molar-refractivity contribution in [3.63, 3.8) is 0 Å². The number of fused-ring (bicyclic) bond motifs is 3. The van der Waals surface area contributed by atoms with Gasteiger partial charge in [-0.2, -0.15) is 0 Å². The van der Waals surface area contributed by atoms with Gasteiger partial charge in [0.05, 0.1) is 22.0 Å². The van der Waals surface area contributed by atoms with Crippen LogP contribution in [-0.4, -0.2) is 16.1 Å². The zero-order chi connectivity index (χ0) is 13.6. The molecule has 0 spiro atoms. The van der Waals surface area contributed by atoms with E-state index < -0.39 is 5.97 Å². The molecule has 2 aromatic carbocycles. The van der Waals surface area contributed by atoms with Crippen molar-refractivity contribution in [2.75, 3.05) is 0 Å². The first-order chi connectivity index (χ1) is 9.06. The summed E-state index contributed by atoms with van der Waals surface area (Å²) in [6.45, 7) is 0. The third-order valence-electron chi connectivity index (χ3n) is 3.10. The first-order valence-corrected chi connectivity index (χ1v) is 6.42. The van der Waals surface area contributed by atoms with Gasteiger partial charge >= 0.3 is 5.97 Å².